The number of hydrogen-bond acceptors (Lipinski definition) is 4. The smallest absolute Gasteiger partial charge is 0.327 e. The number of nitrogens with zero attached hydrogens (tertiary/aromatic N) is 3. The Balaban J connectivity index is 2.82. The molecule has 2 N–H and O–H groups in total. The lowest BCUT2D eigenvalue weighted by Crippen LogP contribution is -2.12. The standard InChI is InChI=1S/C7H9N5O/c1-8-6-9-3-4-5(11-6)12(2)7(13)10-4/h3H,1-2H3,(H,10,13)(H,8,9,11). The molecule has 2 rings (SSSR count). The molecule has 0 unspecified atom stereocenters. The number of imidazole rings is 1. The number of nitrogens with one attached hydrogen (secondary N) is 2. The second kappa shape index (κ2) is 2.58. The maximum absolute atomic E-state index is 11.2. The summed E-state index contributed by atoms with van der Waals surface area (Å²) in [5, 5.41) is 2.80. The lowest BCUT2D eigenvalue weighted by Gasteiger charge is -1.97. The van der Waals surface area contributed by atoms with Crippen molar-refractivity contribution in [3.8, 4) is 0 Å². The Kier molecular flexibility index (Phi) is 1.54. The first kappa shape index (κ1) is 7.78. The molecule has 0 radical (unpaired) electrons. The average Bonchev–Trinajstić information content (AvgIpc) is 2.43. The van der Waals surface area contributed by atoms with Gasteiger partial charge in [-0.05, 0) is 0 Å². The molecule has 68 valence electrons. The first-order chi connectivity index (χ1) is 6.22. The van der Waals surface area contributed by atoms with Gasteiger partial charge in [-0.25, -0.2) is 9.78 Å². The molecule has 0 saturated heterocycles. The molecular weight excluding hydrogens is 170 g/mol. The number of aromatic nitrogens is 4. The highest BCUT2D eigenvalue weighted by atomic mass is 16.1. The fourth-order valence-electron chi connectivity index (χ4n) is 1.13. The molecule has 0 aliphatic heterocycles. The summed E-state index contributed by atoms with van der Waals surface area (Å²) in [5.74, 6) is 0.502. The van der Waals surface area contributed by atoms with E-state index in [2.05, 4.69) is 20.3 Å². The maximum Gasteiger partial charge on any atom is 0.327 e. The van der Waals surface area contributed by atoms with Crippen LogP contribution in [0, 0.1) is 0 Å². The molecule has 2 aromatic heterocycles. The van der Waals surface area contributed by atoms with Gasteiger partial charge in [0.15, 0.2) is 5.65 Å². The van der Waals surface area contributed by atoms with Crippen LogP contribution >= 0.6 is 0 Å². The van der Waals surface area contributed by atoms with Gasteiger partial charge in [-0.15, -0.1) is 0 Å². The minimum Gasteiger partial charge on any atom is -0.357 e. The Morgan fingerprint density at radius 1 is 1.62 bits per heavy atom. The van der Waals surface area contributed by atoms with Crippen LogP contribution in [0.25, 0.3) is 11.2 Å². The Hall–Kier alpha value is -1.85. The predicted octanol–water partition coefficient (Wildman–Crippen LogP) is -0.302. The molecule has 0 aliphatic rings. The zero-order chi connectivity index (χ0) is 9.42. The van der Waals surface area contributed by atoms with Crippen LogP contribution in [-0.2, 0) is 7.05 Å². The normalized spacial score (nSPS) is 10.6. The van der Waals surface area contributed by atoms with Crippen molar-refractivity contribution in [3.63, 3.8) is 0 Å². The zero-order valence-corrected chi connectivity index (χ0v) is 7.33. The number of aromatic amines is 1. The van der Waals surface area contributed by atoms with E-state index < -0.39 is 0 Å². The minimum atomic E-state index is -0.183. The van der Waals surface area contributed by atoms with Gasteiger partial charge in [-0.2, -0.15) is 4.98 Å². The number of rotatable bonds is 1. The fraction of sp³-hybridized carbons (Fsp3) is 0.286. The fourth-order valence-corrected chi connectivity index (χ4v) is 1.13. The molecular formula is C7H9N5O. The van der Waals surface area contributed by atoms with Crippen molar-refractivity contribution in [2.24, 2.45) is 7.05 Å². The molecule has 2 aromatic rings. The number of H-pyrrole nitrogens is 1. The van der Waals surface area contributed by atoms with Crippen molar-refractivity contribution in [1.29, 1.82) is 0 Å². The zero-order valence-electron chi connectivity index (χ0n) is 7.33. The van der Waals surface area contributed by atoms with Crippen LogP contribution in [0.5, 0.6) is 0 Å². The van der Waals surface area contributed by atoms with Gasteiger partial charge in [0.05, 0.1) is 6.20 Å². The van der Waals surface area contributed by atoms with Crippen molar-refractivity contribution >= 4 is 17.1 Å². The van der Waals surface area contributed by atoms with Gasteiger partial charge >= 0.3 is 5.69 Å². The van der Waals surface area contributed by atoms with Crippen molar-refractivity contribution in [2.75, 3.05) is 12.4 Å². The van der Waals surface area contributed by atoms with E-state index in [0.717, 1.165) is 0 Å². The van der Waals surface area contributed by atoms with Gasteiger partial charge in [0.1, 0.15) is 5.52 Å². The van der Waals surface area contributed by atoms with E-state index in [1.807, 2.05) is 0 Å². The van der Waals surface area contributed by atoms with Crippen molar-refractivity contribution < 1.29 is 0 Å². The molecule has 0 spiro atoms. The highest BCUT2D eigenvalue weighted by molar-refractivity contribution is 5.70. The molecule has 0 aliphatic carbocycles. The minimum absolute atomic E-state index is 0.183. The van der Waals surface area contributed by atoms with Crippen molar-refractivity contribution in [3.05, 3.63) is 16.7 Å². The summed E-state index contributed by atoms with van der Waals surface area (Å²) in [5.41, 5.74) is 1.06. The molecule has 6 heteroatoms. The molecule has 0 saturated carbocycles. The van der Waals surface area contributed by atoms with E-state index in [4.69, 9.17) is 0 Å². The monoisotopic (exact) mass is 179 g/mol. The van der Waals surface area contributed by atoms with Crippen LogP contribution < -0.4 is 11.0 Å². The third-order valence-electron chi connectivity index (χ3n) is 1.86. The molecule has 0 amide bonds. The van der Waals surface area contributed by atoms with Gasteiger partial charge in [0.25, 0.3) is 0 Å². The van der Waals surface area contributed by atoms with Crippen LogP contribution in [0.3, 0.4) is 0 Å². The molecule has 0 aromatic carbocycles. The summed E-state index contributed by atoms with van der Waals surface area (Å²) in [6.07, 6.45) is 1.58. The van der Waals surface area contributed by atoms with Crippen LogP contribution in [-0.4, -0.2) is 26.6 Å². The third-order valence-corrected chi connectivity index (χ3v) is 1.86. The quantitative estimate of drug-likeness (QED) is 0.630. The van der Waals surface area contributed by atoms with Crippen LogP contribution in [0.4, 0.5) is 5.95 Å². The van der Waals surface area contributed by atoms with Crippen molar-refractivity contribution in [1.82, 2.24) is 19.5 Å². The van der Waals surface area contributed by atoms with E-state index in [0.29, 0.717) is 17.1 Å². The Morgan fingerprint density at radius 2 is 2.38 bits per heavy atom. The van der Waals surface area contributed by atoms with Crippen LogP contribution in [0.2, 0.25) is 0 Å². The van der Waals surface area contributed by atoms with E-state index in [1.165, 1.54) is 4.57 Å². The van der Waals surface area contributed by atoms with E-state index in [9.17, 15) is 4.79 Å². The SMILES string of the molecule is CNc1ncc2[nH]c(=O)n(C)c2n1. The number of anilines is 1. The van der Waals surface area contributed by atoms with E-state index >= 15 is 0 Å². The lowest BCUT2D eigenvalue weighted by molar-refractivity contribution is 0.878. The van der Waals surface area contributed by atoms with Gasteiger partial charge in [0, 0.05) is 14.1 Å². The second-order valence-corrected chi connectivity index (χ2v) is 2.67. The summed E-state index contributed by atoms with van der Waals surface area (Å²) in [7, 11) is 3.39. The Morgan fingerprint density at radius 3 is 3.08 bits per heavy atom. The van der Waals surface area contributed by atoms with Gasteiger partial charge in [-0.1, -0.05) is 0 Å². The highest BCUT2D eigenvalue weighted by Gasteiger charge is 2.04. The number of hydrogen-bond donors (Lipinski definition) is 2. The first-order valence-corrected chi connectivity index (χ1v) is 3.82. The third kappa shape index (κ3) is 1.07. The van der Waals surface area contributed by atoms with Gasteiger partial charge in [0.2, 0.25) is 5.95 Å². The summed E-state index contributed by atoms with van der Waals surface area (Å²) in [4.78, 5) is 21.9. The molecule has 13 heavy (non-hydrogen) atoms. The van der Waals surface area contributed by atoms with Gasteiger partial charge in [-0.3, -0.25) is 4.57 Å². The summed E-state index contributed by atoms with van der Waals surface area (Å²) in [6, 6.07) is 0. The lowest BCUT2D eigenvalue weighted by atomic mass is 10.5. The topological polar surface area (TPSA) is 75.6 Å². The first-order valence-electron chi connectivity index (χ1n) is 3.82. The molecule has 0 bridgehead atoms. The average molecular weight is 179 g/mol. The summed E-state index contributed by atoms with van der Waals surface area (Å²) < 4.78 is 1.44. The summed E-state index contributed by atoms with van der Waals surface area (Å²) in [6.45, 7) is 0. The largest absolute Gasteiger partial charge is 0.357 e. The van der Waals surface area contributed by atoms with Crippen LogP contribution in [0.1, 0.15) is 0 Å². The summed E-state index contributed by atoms with van der Waals surface area (Å²) >= 11 is 0. The van der Waals surface area contributed by atoms with Gasteiger partial charge < -0.3 is 10.3 Å². The Labute approximate surface area is 73.6 Å². The highest BCUT2D eigenvalue weighted by Crippen LogP contribution is 2.06. The van der Waals surface area contributed by atoms with Crippen LogP contribution in [0.15, 0.2) is 11.0 Å². The second-order valence-electron chi connectivity index (χ2n) is 2.67. The molecule has 6 nitrogen and oxygen atoms in total. The van der Waals surface area contributed by atoms with E-state index in [-0.39, 0.29) is 5.69 Å². The predicted molar refractivity (Wildman–Crippen MR) is 48.7 cm³/mol. The molecule has 0 fully saturated rings. The Bertz CT molecular complexity index is 497. The van der Waals surface area contributed by atoms with Crippen molar-refractivity contribution in [2.45, 2.75) is 0 Å². The maximum atomic E-state index is 11.2. The number of fused-ring (bicyclic) bond motifs is 1. The number of aryl methyl sites for hydroxylation is 1. The molecule has 0 atom stereocenters. The van der Waals surface area contributed by atoms with E-state index in [1.54, 1.807) is 20.3 Å². The molecule has 2 heterocycles.